The number of nitrogen functional groups attached to an aromatic ring is 1. The van der Waals surface area contributed by atoms with Gasteiger partial charge in [0.05, 0.1) is 33.5 Å². The molecule has 61 heavy (non-hydrogen) atoms. The van der Waals surface area contributed by atoms with E-state index in [4.69, 9.17) is 25.6 Å². The van der Waals surface area contributed by atoms with E-state index < -0.39 is 5.97 Å². The van der Waals surface area contributed by atoms with Crippen molar-refractivity contribution in [2.45, 2.75) is 98.3 Å². The normalized spacial score (nSPS) is 14.4. The molecule has 2 aliphatic rings. The van der Waals surface area contributed by atoms with E-state index in [1.165, 1.54) is 32.1 Å². The number of hydrogen-bond donors (Lipinski definition) is 3. The molecule has 8 rings (SSSR count). The summed E-state index contributed by atoms with van der Waals surface area (Å²) in [7, 11) is 0. The molecule has 0 radical (unpaired) electrons. The number of aliphatic carboxylic acids is 1. The number of carboxylic acid groups (broad SMARTS) is 1. The van der Waals surface area contributed by atoms with Crippen LogP contribution >= 0.6 is 0 Å². The third-order valence-corrected chi connectivity index (χ3v) is 11.0. The molecule has 3 heterocycles. The van der Waals surface area contributed by atoms with Gasteiger partial charge < -0.3 is 16.2 Å². The molecular weight excluding hydrogens is 765 g/mol. The maximum absolute atomic E-state index is 13.1. The van der Waals surface area contributed by atoms with Crippen LogP contribution in [0.5, 0.6) is 0 Å². The lowest BCUT2D eigenvalue weighted by atomic mass is 9.87. The molecule has 1 saturated carbocycles. The first-order valence-corrected chi connectivity index (χ1v) is 20.8. The highest BCUT2D eigenvalue weighted by Gasteiger charge is 2.22. The molecule has 4 N–H and O–H groups in total. The first kappa shape index (κ1) is 45.9. The summed E-state index contributed by atoms with van der Waals surface area (Å²) in [6.07, 6.45) is 12.4. The number of benzene rings is 4. The van der Waals surface area contributed by atoms with Crippen LogP contribution in [0.15, 0.2) is 97.3 Å². The number of ketones is 3. The monoisotopic (exact) mass is 822 g/mol. The van der Waals surface area contributed by atoms with Crippen molar-refractivity contribution in [2.75, 3.05) is 18.8 Å². The Morgan fingerprint density at radius 3 is 1.52 bits per heavy atom. The fourth-order valence-electron chi connectivity index (χ4n) is 7.44. The summed E-state index contributed by atoms with van der Waals surface area (Å²) in [5.74, 6) is 0.202. The average Bonchev–Trinajstić information content (AvgIpc) is 3.26. The van der Waals surface area contributed by atoms with Gasteiger partial charge in [0.1, 0.15) is 5.78 Å². The molecule has 318 valence electrons. The minimum atomic E-state index is -0.833. The molecule has 0 atom stereocenters. The maximum Gasteiger partial charge on any atom is 0.300 e. The van der Waals surface area contributed by atoms with Crippen molar-refractivity contribution in [1.82, 2.24) is 25.3 Å². The molecule has 0 amide bonds. The zero-order valence-corrected chi connectivity index (χ0v) is 34.9. The number of carboxylic acids is 1. The fourth-order valence-corrected chi connectivity index (χ4v) is 7.44. The Labute approximate surface area is 358 Å². The zero-order valence-electron chi connectivity index (χ0n) is 34.9. The Hall–Kier alpha value is -6.20. The lowest BCUT2D eigenvalue weighted by Gasteiger charge is -2.21. The third-order valence-electron chi connectivity index (χ3n) is 11.0. The molecule has 0 unspecified atom stereocenters. The molecule has 2 aromatic heterocycles. The van der Waals surface area contributed by atoms with Gasteiger partial charge in [-0.25, -0.2) is 9.97 Å². The van der Waals surface area contributed by atoms with Gasteiger partial charge in [-0.05, 0) is 105 Å². The smallest absolute Gasteiger partial charge is 0.300 e. The van der Waals surface area contributed by atoms with Gasteiger partial charge in [0.25, 0.3) is 5.97 Å². The van der Waals surface area contributed by atoms with E-state index in [1.54, 1.807) is 30.3 Å². The highest BCUT2D eigenvalue weighted by molar-refractivity contribution is 6.11. The highest BCUT2D eigenvalue weighted by atomic mass is 16.4. The number of anilines is 1. The average molecular weight is 823 g/mol. The molecule has 2 fully saturated rings. The highest BCUT2D eigenvalue weighted by Crippen LogP contribution is 2.32. The van der Waals surface area contributed by atoms with E-state index in [0.717, 1.165) is 71.9 Å². The molecule has 1 aliphatic heterocycles. The predicted octanol–water partition coefficient (Wildman–Crippen LogP) is 9.70. The van der Waals surface area contributed by atoms with Crippen molar-refractivity contribution in [3.05, 3.63) is 137 Å². The van der Waals surface area contributed by atoms with Crippen molar-refractivity contribution >= 4 is 51.1 Å². The minimum absolute atomic E-state index is 0. The van der Waals surface area contributed by atoms with Gasteiger partial charge in [-0.1, -0.05) is 71.7 Å². The molecule has 4 aromatic carbocycles. The predicted molar refractivity (Wildman–Crippen MR) is 242 cm³/mol. The van der Waals surface area contributed by atoms with Crippen LogP contribution in [0.2, 0.25) is 0 Å². The van der Waals surface area contributed by atoms with E-state index in [9.17, 15) is 14.4 Å². The summed E-state index contributed by atoms with van der Waals surface area (Å²) < 4.78 is 0. The van der Waals surface area contributed by atoms with Crippen LogP contribution in [0.4, 0.5) is 5.69 Å². The quantitative estimate of drug-likeness (QED) is 0.0983. The number of rotatable bonds is 8. The summed E-state index contributed by atoms with van der Waals surface area (Å²) in [6.45, 7) is 8.89. The Balaban J connectivity index is 0.000000213. The van der Waals surface area contributed by atoms with Crippen molar-refractivity contribution in [1.29, 1.82) is 0 Å². The molecule has 1 saturated heterocycles. The lowest BCUT2D eigenvalue weighted by Crippen LogP contribution is -2.27. The van der Waals surface area contributed by atoms with E-state index in [0.29, 0.717) is 46.2 Å². The number of piperidine rings is 1. The molecule has 11 nitrogen and oxygen atoms in total. The van der Waals surface area contributed by atoms with Gasteiger partial charge in [-0.15, -0.1) is 0 Å². The van der Waals surface area contributed by atoms with E-state index >= 15 is 0 Å². The number of aromatic nitrogens is 4. The molecule has 1 aliphatic carbocycles. The number of hydrogen-bond acceptors (Lipinski definition) is 10. The number of nitrogens with one attached hydrogen (secondary N) is 1. The first-order valence-electron chi connectivity index (χ1n) is 20.8. The summed E-state index contributed by atoms with van der Waals surface area (Å²) in [4.78, 5) is 65.8. The fraction of sp³-hybridized carbons (Fsp3) is 0.360. The Morgan fingerprint density at radius 1 is 0.639 bits per heavy atom. The molecule has 0 bridgehead atoms. The molecular formula is C50H58N6O5. The lowest BCUT2D eigenvalue weighted by molar-refractivity contribution is -0.134. The van der Waals surface area contributed by atoms with Crippen molar-refractivity contribution in [3.8, 4) is 0 Å². The topological polar surface area (TPSA) is 178 Å². The molecule has 0 spiro atoms. The summed E-state index contributed by atoms with van der Waals surface area (Å²) in [6, 6.07) is 25.4. The van der Waals surface area contributed by atoms with Gasteiger partial charge in [-0.3, -0.25) is 29.1 Å². The Bertz CT molecular complexity index is 2460. The van der Waals surface area contributed by atoms with E-state index in [-0.39, 0.29) is 30.2 Å². The number of fused-ring (bicyclic) bond motifs is 2. The van der Waals surface area contributed by atoms with Crippen LogP contribution in [0.3, 0.4) is 0 Å². The zero-order chi connectivity index (χ0) is 42.8. The molecule has 11 heteroatoms. The van der Waals surface area contributed by atoms with Crippen LogP contribution in [-0.4, -0.2) is 61.5 Å². The Kier molecular flexibility index (Phi) is 15.7. The number of Topliss-reactive ketones (excluding diaryl/α,β-unsaturated/α-hetero) is 1. The summed E-state index contributed by atoms with van der Waals surface area (Å²) >= 11 is 0. The minimum Gasteiger partial charge on any atom is -0.481 e. The van der Waals surface area contributed by atoms with Gasteiger partial charge in [0.15, 0.2) is 11.6 Å². The van der Waals surface area contributed by atoms with Gasteiger partial charge in [-0.2, -0.15) is 0 Å². The third kappa shape index (κ3) is 12.4. The second-order valence-electron chi connectivity index (χ2n) is 16.7. The maximum atomic E-state index is 13.1. The van der Waals surface area contributed by atoms with E-state index in [2.05, 4.69) is 15.3 Å². The number of nitrogens with two attached hydrogens (primary N) is 1. The van der Waals surface area contributed by atoms with Crippen molar-refractivity contribution < 1.29 is 24.3 Å². The number of carbonyl (C=O) groups excluding carboxylic acids is 3. The van der Waals surface area contributed by atoms with Crippen LogP contribution < -0.4 is 11.1 Å². The van der Waals surface area contributed by atoms with Crippen LogP contribution in [0.1, 0.15) is 141 Å². The van der Waals surface area contributed by atoms with Gasteiger partial charge in [0, 0.05) is 70.9 Å². The Morgan fingerprint density at radius 2 is 1.07 bits per heavy atom. The number of nitrogens with zero attached hydrogens (tertiary/aromatic N) is 4. The summed E-state index contributed by atoms with van der Waals surface area (Å²) in [5.41, 5.74) is 14.6. The summed E-state index contributed by atoms with van der Waals surface area (Å²) in [5, 5.41) is 10.8. The largest absolute Gasteiger partial charge is 0.481 e. The van der Waals surface area contributed by atoms with Crippen molar-refractivity contribution in [2.24, 2.45) is 5.41 Å². The number of carbonyl (C=O) groups is 4. The SMILES string of the molecule is C.CC(=O)O.CC(C)(C)C(=O)Cc1ccc(C(=O)c2ccc3ncc(C4CCCCC4)nc3c2)cc1.Nc1ccc(C(=O)c2ccc3ncc(C4CCNCC4)nc3c2)cc1. The van der Waals surface area contributed by atoms with Gasteiger partial charge in [0.2, 0.25) is 0 Å². The first-order chi connectivity index (χ1) is 28.7. The van der Waals surface area contributed by atoms with Crippen LogP contribution in [0.25, 0.3) is 22.1 Å². The standard InChI is InChI=1S/C27H30N2O2.C20H20N4O.C2H4O2.CH4/c1-27(2,3)25(30)15-18-9-11-20(12-10-18)26(31)21-13-14-22-23(16-21)29-24(17-28-22)19-7-5-4-6-8-19;21-16-4-1-14(2-5-16)20(25)15-3-6-17-18(11-15)24-19(12-23-17)13-7-9-22-10-8-13;1-2(3)4;/h9-14,16-17,19H,4-8,15H2,1-3H3;1-6,11-13,22H,7-10,21H2;1H3,(H,3,4);1H4. The van der Waals surface area contributed by atoms with Crippen LogP contribution in [-0.2, 0) is 16.0 Å². The van der Waals surface area contributed by atoms with Crippen LogP contribution in [0, 0.1) is 5.41 Å². The second kappa shape index (κ2) is 20.9. The van der Waals surface area contributed by atoms with Crippen molar-refractivity contribution in [3.63, 3.8) is 0 Å². The second-order valence-corrected chi connectivity index (χ2v) is 16.7. The van der Waals surface area contributed by atoms with E-state index in [1.807, 2.05) is 87.8 Å². The molecule has 6 aromatic rings. The van der Waals surface area contributed by atoms with Gasteiger partial charge >= 0.3 is 0 Å².